The highest BCUT2D eigenvalue weighted by atomic mass is 16.5. The second-order valence-corrected chi connectivity index (χ2v) is 5.44. The first kappa shape index (κ1) is 15.7. The summed E-state index contributed by atoms with van der Waals surface area (Å²) >= 11 is 0. The lowest BCUT2D eigenvalue weighted by Gasteiger charge is -2.18. The molecule has 122 valence electrons. The summed E-state index contributed by atoms with van der Waals surface area (Å²) in [5.41, 5.74) is 1.85. The van der Waals surface area contributed by atoms with Crippen molar-refractivity contribution < 1.29 is 18.8 Å². The number of ether oxygens (including phenoxy) is 2. The fourth-order valence-electron chi connectivity index (χ4n) is 2.72. The van der Waals surface area contributed by atoms with Gasteiger partial charge in [0.2, 0.25) is 0 Å². The molecule has 6 nitrogen and oxygen atoms in total. The molecule has 2 heterocycles. The van der Waals surface area contributed by atoms with Crippen molar-refractivity contribution in [3.05, 3.63) is 41.7 Å². The summed E-state index contributed by atoms with van der Waals surface area (Å²) in [5.74, 6) is 0.274. The Kier molecular flexibility index (Phi) is 4.73. The third-order valence-corrected chi connectivity index (χ3v) is 3.86. The predicted molar refractivity (Wildman–Crippen MR) is 84.2 cm³/mol. The maximum absolute atomic E-state index is 12.7. The second kappa shape index (κ2) is 6.93. The molecule has 1 aromatic carbocycles. The van der Waals surface area contributed by atoms with Crippen LogP contribution in [0, 0.1) is 6.92 Å². The van der Waals surface area contributed by atoms with Gasteiger partial charge in [-0.2, -0.15) is 0 Å². The molecule has 1 aliphatic rings. The standard InChI is InChI=1S/C17H20N2O4/c1-3-22-14-10-21-9-13(14)18-17(20)15-11(2)23-19-16(15)12-7-5-4-6-8-12/h4-8,13-14H,3,9-10H2,1-2H3,(H,18,20)/t13-,14-/m0/s1. The van der Waals surface area contributed by atoms with Crippen molar-refractivity contribution in [3.8, 4) is 11.3 Å². The van der Waals surface area contributed by atoms with Gasteiger partial charge in [0.15, 0.2) is 0 Å². The zero-order chi connectivity index (χ0) is 16.2. The molecule has 6 heteroatoms. The van der Waals surface area contributed by atoms with E-state index in [1.807, 2.05) is 37.3 Å². The normalized spacial score (nSPS) is 20.6. The Balaban J connectivity index is 1.82. The van der Waals surface area contributed by atoms with Gasteiger partial charge in [-0.25, -0.2) is 0 Å². The summed E-state index contributed by atoms with van der Waals surface area (Å²) in [6, 6.07) is 9.35. The number of benzene rings is 1. The number of aromatic nitrogens is 1. The van der Waals surface area contributed by atoms with Gasteiger partial charge in [0.25, 0.3) is 5.91 Å². The van der Waals surface area contributed by atoms with Crippen LogP contribution in [0.25, 0.3) is 11.3 Å². The molecular weight excluding hydrogens is 296 g/mol. The third-order valence-electron chi connectivity index (χ3n) is 3.86. The molecule has 2 atom stereocenters. The molecule has 0 spiro atoms. The van der Waals surface area contributed by atoms with Crippen molar-refractivity contribution >= 4 is 5.91 Å². The minimum atomic E-state index is -0.220. The lowest BCUT2D eigenvalue weighted by Crippen LogP contribution is -2.44. The number of rotatable bonds is 5. The minimum absolute atomic E-state index is 0.121. The molecule has 1 aromatic heterocycles. The first-order valence-electron chi connectivity index (χ1n) is 7.72. The van der Waals surface area contributed by atoms with E-state index in [2.05, 4.69) is 10.5 Å². The Labute approximate surface area is 134 Å². The van der Waals surface area contributed by atoms with Gasteiger partial charge in [0.05, 0.1) is 19.3 Å². The lowest BCUT2D eigenvalue weighted by atomic mass is 10.1. The van der Waals surface area contributed by atoms with Crippen LogP contribution in [-0.4, -0.2) is 43.0 Å². The van der Waals surface area contributed by atoms with E-state index >= 15 is 0 Å². The van der Waals surface area contributed by atoms with E-state index < -0.39 is 0 Å². The Bertz CT molecular complexity index is 668. The van der Waals surface area contributed by atoms with E-state index in [1.165, 1.54) is 0 Å². The number of aryl methyl sites for hydroxylation is 1. The van der Waals surface area contributed by atoms with Crippen molar-refractivity contribution in [1.29, 1.82) is 0 Å². The van der Waals surface area contributed by atoms with E-state index in [4.69, 9.17) is 14.0 Å². The largest absolute Gasteiger partial charge is 0.376 e. The monoisotopic (exact) mass is 316 g/mol. The summed E-state index contributed by atoms with van der Waals surface area (Å²) in [5, 5.41) is 7.02. The van der Waals surface area contributed by atoms with Crippen LogP contribution >= 0.6 is 0 Å². The van der Waals surface area contributed by atoms with Crippen molar-refractivity contribution in [2.45, 2.75) is 26.0 Å². The van der Waals surface area contributed by atoms with E-state index in [0.717, 1.165) is 5.56 Å². The number of hydrogen-bond acceptors (Lipinski definition) is 5. The van der Waals surface area contributed by atoms with Gasteiger partial charge in [-0.3, -0.25) is 4.79 Å². The van der Waals surface area contributed by atoms with Crippen molar-refractivity contribution in [1.82, 2.24) is 10.5 Å². The van der Waals surface area contributed by atoms with E-state index in [1.54, 1.807) is 6.92 Å². The van der Waals surface area contributed by atoms with Crippen LogP contribution < -0.4 is 5.32 Å². The molecule has 0 aliphatic carbocycles. The number of nitrogens with zero attached hydrogens (tertiary/aromatic N) is 1. The molecule has 2 aromatic rings. The van der Waals surface area contributed by atoms with Crippen molar-refractivity contribution in [2.75, 3.05) is 19.8 Å². The van der Waals surface area contributed by atoms with Crippen molar-refractivity contribution in [2.24, 2.45) is 0 Å². The van der Waals surface area contributed by atoms with Gasteiger partial charge in [0, 0.05) is 12.2 Å². The molecule has 0 unspecified atom stereocenters. The summed E-state index contributed by atoms with van der Waals surface area (Å²) < 4.78 is 16.2. The SMILES string of the molecule is CCO[C@H]1COC[C@@H]1NC(=O)c1c(-c2ccccc2)noc1C. The molecule has 0 radical (unpaired) electrons. The fraction of sp³-hybridized carbons (Fsp3) is 0.412. The number of hydrogen-bond donors (Lipinski definition) is 1. The highest BCUT2D eigenvalue weighted by Crippen LogP contribution is 2.25. The number of nitrogens with one attached hydrogen (secondary N) is 1. The van der Waals surface area contributed by atoms with Crippen LogP contribution in [0.15, 0.2) is 34.9 Å². The average Bonchev–Trinajstić information content (AvgIpc) is 3.15. The van der Waals surface area contributed by atoms with Gasteiger partial charge < -0.3 is 19.3 Å². The van der Waals surface area contributed by atoms with E-state index in [-0.39, 0.29) is 18.1 Å². The molecule has 1 N–H and O–H groups in total. The fourth-order valence-corrected chi connectivity index (χ4v) is 2.72. The van der Waals surface area contributed by atoms with Crippen LogP contribution in [-0.2, 0) is 9.47 Å². The molecule has 0 bridgehead atoms. The third kappa shape index (κ3) is 3.28. The number of carbonyl (C=O) groups excluding carboxylic acids is 1. The quantitative estimate of drug-likeness (QED) is 0.915. The van der Waals surface area contributed by atoms with Gasteiger partial charge in [0.1, 0.15) is 23.1 Å². The molecule has 0 saturated carbocycles. The predicted octanol–water partition coefficient (Wildman–Crippen LogP) is 2.18. The summed E-state index contributed by atoms with van der Waals surface area (Å²) in [6.07, 6.45) is -0.121. The van der Waals surface area contributed by atoms with Gasteiger partial charge in [-0.05, 0) is 13.8 Å². The smallest absolute Gasteiger partial charge is 0.257 e. The number of amides is 1. The topological polar surface area (TPSA) is 73.6 Å². The molecule has 1 saturated heterocycles. The first-order chi connectivity index (χ1) is 11.2. The lowest BCUT2D eigenvalue weighted by molar-refractivity contribution is 0.0402. The first-order valence-corrected chi connectivity index (χ1v) is 7.72. The number of carbonyl (C=O) groups is 1. The van der Waals surface area contributed by atoms with E-state index in [0.29, 0.717) is 36.8 Å². The van der Waals surface area contributed by atoms with Crippen LogP contribution in [0.5, 0.6) is 0 Å². The molecule has 1 fully saturated rings. The maximum Gasteiger partial charge on any atom is 0.257 e. The molecule has 1 aliphatic heterocycles. The van der Waals surface area contributed by atoms with Gasteiger partial charge in [-0.15, -0.1) is 0 Å². The van der Waals surface area contributed by atoms with Crippen LogP contribution in [0.3, 0.4) is 0 Å². The Morgan fingerprint density at radius 3 is 2.87 bits per heavy atom. The van der Waals surface area contributed by atoms with Crippen molar-refractivity contribution in [3.63, 3.8) is 0 Å². The molecule has 1 amide bonds. The zero-order valence-corrected chi connectivity index (χ0v) is 13.2. The van der Waals surface area contributed by atoms with Crippen LogP contribution in [0.2, 0.25) is 0 Å². The van der Waals surface area contributed by atoms with Crippen LogP contribution in [0.4, 0.5) is 0 Å². The Morgan fingerprint density at radius 2 is 2.13 bits per heavy atom. The minimum Gasteiger partial charge on any atom is -0.376 e. The second-order valence-electron chi connectivity index (χ2n) is 5.44. The molecular formula is C17H20N2O4. The maximum atomic E-state index is 12.7. The van der Waals surface area contributed by atoms with Crippen LogP contribution in [0.1, 0.15) is 23.0 Å². The molecule has 3 rings (SSSR count). The van der Waals surface area contributed by atoms with Gasteiger partial charge in [-0.1, -0.05) is 35.5 Å². The average molecular weight is 316 g/mol. The highest BCUT2D eigenvalue weighted by Gasteiger charge is 2.32. The summed E-state index contributed by atoms with van der Waals surface area (Å²) in [4.78, 5) is 12.7. The summed E-state index contributed by atoms with van der Waals surface area (Å²) in [6.45, 7) is 5.19. The molecule has 23 heavy (non-hydrogen) atoms. The highest BCUT2D eigenvalue weighted by molar-refractivity contribution is 6.01. The summed E-state index contributed by atoms with van der Waals surface area (Å²) in [7, 11) is 0. The van der Waals surface area contributed by atoms with E-state index in [9.17, 15) is 4.79 Å². The zero-order valence-electron chi connectivity index (χ0n) is 13.2. The van der Waals surface area contributed by atoms with Gasteiger partial charge >= 0.3 is 0 Å². The Morgan fingerprint density at radius 1 is 1.35 bits per heavy atom. The Hall–Kier alpha value is -2.18.